The number of aliphatic hydroxyl groups is 2. The van der Waals surface area contributed by atoms with Crippen molar-refractivity contribution in [3.05, 3.63) is 39.6 Å². The Kier molecular flexibility index (Phi) is 29.3. The van der Waals surface area contributed by atoms with E-state index in [2.05, 4.69) is 34.6 Å². The van der Waals surface area contributed by atoms with Crippen molar-refractivity contribution < 1.29 is 19.7 Å². The molecule has 2 N–H and O–H groups in total. The van der Waals surface area contributed by atoms with Crippen LogP contribution in [0.25, 0.3) is 4.91 Å². The van der Waals surface area contributed by atoms with E-state index >= 15 is 0 Å². The van der Waals surface area contributed by atoms with E-state index in [0.717, 1.165) is 32.4 Å². The molecule has 0 aromatic carbocycles. The molecule has 0 aliphatic heterocycles. The van der Waals surface area contributed by atoms with E-state index in [4.69, 9.17) is 9.84 Å². The summed E-state index contributed by atoms with van der Waals surface area (Å²) in [5, 5.41) is 18.4. The number of rotatable bonds is 11. The van der Waals surface area contributed by atoms with Crippen molar-refractivity contribution in [3.63, 3.8) is 0 Å². The highest BCUT2D eigenvalue weighted by atomic mass is 32.2. The smallest absolute Gasteiger partial charge is 0.142 e. The van der Waals surface area contributed by atoms with E-state index in [-0.39, 0.29) is 13.2 Å². The molecule has 1 unspecified atom stereocenters. The molecule has 32 heavy (non-hydrogen) atoms. The van der Waals surface area contributed by atoms with Crippen LogP contribution in [0, 0.1) is 5.92 Å². The van der Waals surface area contributed by atoms with Crippen LogP contribution in [0.5, 0.6) is 0 Å². The van der Waals surface area contributed by atoms with Crippen molar-refractivity contribution in [2.75, 3.05) is 26.1 Å². The Bertz CT molecular complexity index is 590. The number of hydrogen-bond acceptors (Lipinski definition) is 6. The van der Waals surface area contributed by atoms with Crippen molar-refractivity contribution in [2.45, 2.75) is 80.8 Å². The minimum Gasteiger partial charge on any atom is -0.394 e. The molecule has 1 aromatic rings. The van der Waals surface area contributed by atoms with Gasteiger partial charge in [0.05, 0.1) is 25.9 Å². The first-order chi connectivity index (χ1) is 15.3. The summed E-state index contributed by atoms with van der Waals surface area (Å²) in [6.45, 7) is 17.2. The molecule has 4 nitrogen and oxygen atoms in total. The Morgan fingerprint density at radius 3 is 2.12 bits per heavy atom. The second-order valence-corrected chi connectivity index (χ2v) is 9.03. The summed E-state index contributed by atoms with van der Waals surface area (Å²) < 4.78 is 5.37. The molecular formula is C26H48O4S2. The number of thioether (sulfide) groups is 1. The number of hydrogen-bond donors (Lipinski definition) is 2. The molecule has 0 fully saturated rings. The molecule has 0 radical (unpaired) electrons. The summed E-state index contributed by atoms with van der Waals surface area (Å²) in [7, 11) is 0. The van der Waals surface area contributed by atoms with Crippen LogP contribution in [-0.2, 0) is 9.53 Å². The lowest BCUT2D eigenvalue weighted by molar-refractivity contribution is -0.104. The number of carbonyl (C=O) groups is 1. The van der Waals surface area contributed by atoms with Gasteiger partial charge in [0.25, 0.3) is 0 Å². The Hall–Kier alpha value is -0.920. The Labute approximate surface area is 206 Å². The normalized spacial score (nSPS) is 12.0. The number of aliphatic hydroxyl groups excluding tert-OH is 2. The summed E-state index contributed by atoms with van der Waals surface area (Å²) in [6, 6.07) is 3.86. The Morgan fingerprint density at radius 2 is 1.78 bits per heavy atom. The molecule has 6 heteroatoms. The van der Waals surface area contributed by atoms with Gasteiger partial charge in [-0.3, -0.25) is 4.79 Å². The number of thiophene rings is 1. The molecule has 0 bridgehead atoms. The van der Waals surface area contributed by atoms with E-state index in [0.29, 0.717) is 6.61 Å². The molecule has 0 amide bonds. The number of ether oxygens (including phenoxy) is 1. The fourth-order valence-electron chi connectivity index (χ4n) is 2.26. The predicted octanol–water partition coefficient (Wildman–Crippen LogP) is 7.52. The van der Waals surface area contributed by atoms with Gasteiger partial charge in [-0.25, -0.2) is 0 Å². The monoisotopic (exact) mass is 488 g/mol. The van der Waals surface area contributed by atoms with Crippen LogP contribution in [0.4, 0.5) is 0 Å². The highest BCUT2D eigenvalue weighted by Gasteiger charge is 2.12. The molecule has 0 aliphatic rings. The van der Waals surface area contributed by atoms with Gasteiger partial charge in [-0.05, 0) is 42.9 Å². The molecule has 1 rings (SSSR count). The fourth-order valence-corrected chi connectivity index (χ4v) is 4.21. The number of allylic oxidation sites excluding steroid dienone is 1. The van der Waals surface area contributed by atoms with Crippen LogP contribution < -0.4 is 0 Å². The van der Waals surface area contributed by atoms with Gasteiger partial charge in [0.1, 0.15) is 6.29 Å². The van der Waals surface area contributed by atoms with E-state index in [9.17, 15) is 9.90 Å². The third-order valence-corrected chi connectivity index (χ3v) is 5.79. The maximum atomic E-state index is 10.6. The van der Waals surface area contributed by atoms with Crippen LogP contribution in [0.1, 0.15) is 90.5 Å². The van der Waals surface area contributed by atoms with Crippen LogP contribution in [0.15, 0.2) is 29.9 Å². The predicted molar refractivity (Wildman–Crippen MR) is 146 cm³/mol. The van der Waals surface area contributed by atoms with Crippen LogP contribution >= 0.6 is 23.1 Å². The lowest BCUT2D eigenvalue weighted by Crippen LogP contribution is -2.03. The standard InChI is InChI=1S/C15H20O4S2.C6H14.C3H8.C2H6/c1-11(18)13-5-6-14(21-13)15(20-2)12(4-3-7-16)10-19-9-8-17;1-4-5-6(2)3;1-3-2;1-2/h3-7,11,17-18H,8-10H2,1-2H3;6H,4-5H2,1-3H3;3H2,1-2H3;1-2H3/b4-3+,15-12+;;;. The van der Waals surface area contributed by atoms with E-state index < -0.39 is 6.10 Å². The summed E-state index contributed by atoms with van der Waals surface area (Å²) in [5.74, 6) is 0.898. The van der Waals surface area contributed by atoms with Gasteiger partial charge in [0.2, 0.25) is 0 Å². The van der Waals surface area contributed by atoms with Crippen molar-refractivity contribution in [1.82, 2.24) is 0 Å². The largest absolute Gasteiger partial charge is 0.394 e. The zero-order chi connectivity index (χ0) is 25.4. The quantitative estimate of drug-likeness (QED) is 0.146. The van der Waals surface area contributed by atoms with Gasteiger partial charge in [0, 0.05) is 14.7 Å². The van der Waals surface area contributed by atoms with Gasteiger partial charge in [0.15, 0.2) is 0 Å². The minimum absolute atomic E-state index is 0.0372. The van der Waals surface area contributed by atoms with E-state index in [1.54, 1.807) is 24.8 Å². The zero-order valence-corrected chi connectivity index (χ0v) is 23.4. The molecule has 0 aliphatic carbocycles. The van der Waals surface area contributed by atoms with Crippen LogP contribution in [0.3, 0.4) is 0 Å². The molecule has 1 atom stereocenters. The average Bonchev–Trinajstić information content (AvgIpc) is 3.25. The van der Waals surface area contributed by atoms with Gasteiger partial charge in [-0.15, -0.1) is 23.1 Å². The van der Waals surface area contributed by atoms with Crippen molar-refractivity contribution >= 4 is 34.3 Å². The van der Waals surface area contributed by atoms with E-state index in [1.807, 2.05) is 32.2 Å². The average molecular weight is 489 g/mol. The first-order valence-electron chi connectivity index (χ1n) is 11.7. The fraction of sp³-hybridized carbons (Fsp3) is 0.654. The first-order valence-corrected chi connectivity index (χ1v) is 13.7. The highest BCUT2D eigenvalue weighted by Crippen LogP contribution is 2.36. The second-order valence-electron chi connectivity index (χ2n) is 7.10. The highest BCUT2D eigenvalue weighted by molar-refractivity contribution is 8.07. The van der Waals surface area contributed by atoms with Gasteiger partial charge in [-0.1, -0.05) is 73.8 Å². The molecule has 0 saturated carbocycles. The third-order valence-electron chi connectivity index (χ3n) is 3.49. The Morgan fingerprint density at radius 1 is 1.19 bits per heavy atom. The SMILES string of the molecule is CC.CCC.CCCC(C)C.CS/C(=C(\C=C\C=O)COCCO)c1ccc(C(C)O)s1. The molecule has 0 spiro atoms. The van der Waals surface area contributed by atoms with Crippen molar-refractivity contribution in [1.29, 1.82) is 0 Å². The molecule has 188 valence electrons. The zero-order valence-electron chi connectivity index (χ0n) is 21.8. The Balaban J connectivity index is -0.000000639. The summed E-state index contributed by atoms with van der Waals surface area (Å²) in [6.07, 6.45) is 9.29. The first kappa shape index (κ1) is 35.7. The lowest BCUT2D eigenvalue weighted by Gasteiger charge is -2.10. The van der Waals surface area contributed by atoms with Crippen molar-refractivity contribution in [2.24, 2.45) is 5.92 Å². The van der Waals surface area contributed by atoms with Crippen LogP contribution in [-0.4, -0.2) is 42.6 Å². The molecular weight excluding hydrogens is 440 g/mol. The van der Waals surface area contributed by atoms with Gasteiger partial charge < -0.3 is 14.9 Å². The topological polar surface area (TPSA) is 66.8 Å². The minimum atomic E-state index is -0.494. The maximum Gasteiger partial charge on any atom is 0.142 e. The number of aldehydes is 1. The molecule has 1 aromatic heterocycles. The number of carbonyl (C=O) groups excluding carboxylic acids is 1. The summed E-state index contributed by atoms with van der Waals surface area (Å²) >= 11 is 3.08. The van der Waals surface area contributed by atoms with Gasteiger partial charge in [-0.2, -0.15) is 0 Å². The van der Waals surface area contributed by atoms with Crippen molar-refractivity contribution in [3.8, 4) is 0 Å². The molecule has 1 heterocycles. The third kappa shape index (κ3) is 19.7. The second kappa shape index (κ2) is 26.3. The lowest BCUT2D eigenvalue weighted by atomic mass is 10.1. The summed E-state index contributed by atoms with van der Waals surface area (Å²) in [4.78, 5) is 13.5. The van der Waals surface area contributed by atoms with Crippen LogP contribution in [0.2, 0.25) is 0 Å². The molecule has 0 saturated heterocycles. The summed E-state index contributed by atoms with van der Waals surface area (Å²) in [5.41, 5.74) is 0.877. The van der Waals surface area contributed by atoms with E-state index in [1.165, 1.54) is 36.7 Å². The maximum absolute atomic E-state index is 10.6. The van der Waals surface area contributed by atoms with Gasteiger partial charge >= 0.3 is 0 Å².